The molecule has 3 amide bonds. The topological polar surface area (TPSA) is 90.7 Å². The third-order valence-corrected chi connectivity index (χ3v) is 6.48. The predicted octanol–water partition coefficient (Wildman–Crippen LogP) is 2.30. The average Bonchev–Trinajstić information content (AvgIpc) is 3.28. The van der Waals surface area contributed by atoms with Crippen LogP contribution in [0, 0.1) is 0 Å². The lowest BCUT2D eigenvalue weighted by atomic mass is 10.1. The Morgan fingerprint density at radius 2 is 1.77 bits per heavy atom. The SMILES string of the molecule is CCN1CCN(Cc2ccccc2CNC(=O)CC(NC(N)=O)c2cccs2)CC1. The summed E-state index contributed by atoms with van der Waals surface area (Å²) in [5.41, 5.74) is 7.65. The summed E-state index contributed by atoms with van der Waals surface area (Å²) in [5, 5.41) is 7.58. The monoisotopic (exact) mass is 429 g/mol. The van der Waals surface area contributed by atoms with E-state index in [-0.39, 0.29) is 12.3 Å². The fourth-order valence-electron chi connectivity index (χ4n) is 3.72. The van der Waals surface area contributed by atoms with E-state index < -0.39 is 12.1 Å². The number of urea groups is 1. The minimum absolute atomic E-state index is 0.117. The highest BCUT2D eigenvalue weighted by Gasteiger charge is 2.19. The number of hydrogen-bond donors (Lipinski definition) is 3. The van der Waals surface area contributed by atoms with E-state index in [4.69, 9.17) is 5.73 Å². The van der Waals surface area contributed by atoms with Gasteiger partial charge in [0.1, 0.15) is 0 Å². The number of carbonyl (C=O) groups is 2. The Hall–Kier alpha value is -2.42. The molecule has 1 atom stereocenters. The first-order valence-electron chi connectivity index (χ1n) is 10.4. The molecule has 4 N–H and O–H groups in total. The fraction of sp³-hybridized carbons (Fsp3) is 0.455. The van der Waals surface area contributed by atoms with Crippen molar-refractivity contribution in [1.82, 2.24) is 20.4 Å². The van der Waals surface area contributed by atoms with E-state index in [9.17, 15) is 9.59 Å². The molecular formula is C22H31N5O2S. The van der Waals surface area contributed by atoms with Crippen molar-refractivity contribution in [3.8, 4) is 0 Å². The molecule has 8 heteroatoms. The van der Waals surface area contributed by atoms with Crippen molar-refractivity contribution in [2.75, 3.05) is 32.7 Å². The van der Waals surface area contributed by atoms with Gasteiger partial charge in [-0.25, -0.2) is 4.79 Å². The van der Waals surface area contributed by atoms with Gasteiger partial charge in [0, 0.05) is 44.1 Å². The molecule has 0 bridgehead atoms. The molecule has 1 saturated heterocycles. The number of carbonyl (C=O) groups excluding carboxylic acids is 2. The van der Waals surface area contributed by atoms with Crippen LogP contribution in [-0.4, -0.2) is 54.5 Å². The number of likely N-dealkylation sites (N-methyl/N-ethyl adjacent to an activating group) is 1. The second-order valence-electron chi connectivity index (χ2n) is 7.54. The summed E-state index contributed by atoms with van der Waals surface area (Å²) in [6.45, 7) is 9.01. The number of thiophene rings is 1. The summed E-state index contributed by atoms with van der Waals surface area (Å²) >= 11 is 1.49. The number of amides is 3. The Balaban J connectivity index is 1.55. The third-order valence-electron chi connectivity index (χ3n) is 5.49. The van der Waals surface area contributed by atoms with Gasteiger partial charge >= 0.3 is 6.03 Å². The van der Waals surface area contributed by atoms with Gasteiger partial charge in [0.05, 0.1) is 12.5 Å². The molecule has 0 aliphatic carbocycles. The van der Waals surface area contributed by atoms with Crippen LogP contribution in [0.2, 0.25) is 0 Å². The van der Waals surface area contributed by atoms with E-state index >= 15 is 0 Å². The van der Waals surface area contributed by atoms with Crippen LogP contribution in [-0.2, 0) is 17.9 Å². The van der Waals surface area contributed by atoms with Crippen LogP contribution >= 0.6 is 11.3 Å². The lowest BCUT2D eigenvalue weighted by Gasteiger charge is -2.34. The van der Waals surface area contributed by atoms with Crippen LogP contribution in [0.5, 0.6) is 0 Å². The number of hydrogen-bond acceptors (Lipinski definition) is 5. The van der Waals surface area contributed by atoms with Gasteiger partial charge in [-0.05, 0) is 29.1 Å². The van der Waals surface area contributed by atoms with Gasteiger partial charge in [0.2, 0.25) is 5.91 Å². The highest BCUT2D eigenvalue weighted by molar-refractivity contribution is 7.10. The summed E-state index contributed by atoms with van der Waals surface area (Å²) in [7, 11) is 0. The first kappa shape index (κ1) is 22.3. The number of piperazine rings is 1. The van der Waals surface area contributed by atoms with E-state index in [0.717, 1.165) is 49.7 Å². The molecule has 1 aliphatic heterocycles. The van der Waals surface area contributed by atoms with Crippen LogP contribution in [0.4, 0.5) is 4.79 Å². The summed E-state index contributed by atoms with van der Waals surface area (Å²) in [4.78, 5) is 29.7. The van der Waals surface area contributed by atoms with Crippen LogP contribution in [0.25, 0.3) is 0 Å². The highest BCUT2D eigenvalue weighted by Crippen LogP contribution is 2.22. The predicted molar refractivity (Wildman–Crippen MR) is 120 cm³/mol. The molecule has 1 aromatic heterocycles. The maximum absolute atomic E-state index is 12.6. The van der Waals surface area contributed by atoms with E-state index in [0.29, 0.717) is 6.54 Å². The molecule has 2 aromatic rings. The molecule has 0 saturated carbocycles. The standard InChI is InChI=1S/C22H31N5O2S/c1-2-26-9-11-27(12-10-26)16-18-7-4-3-6-17(18)15-24-21(28)14-19(25-22(23)29)20-8-5-13-30-20/h3-8,13,19H,2,9-12,14-16H2,1H3,(H,24,28)(H3,23,25,29). The highest BCUT2D eigenvalue weighted by atomic mass is 32.1. The number of primary amides is 1. The number of nitrogens with two attached hydrogens (primary N) is 1. The normalized spacial score (nSPS) is 16.2. The molecule has 7 nitrogen and oxygen atoms in total. The number of benzene rings is 1. The van der Waals surface area contributed by atoms with Crippen molar-refractivity contribution in [3.05, 3.63) is 57.8 Å². The molecule has 0 spiro atoms. The van der Waals surface area contributed by atoms with Gasteiger partial charge in [-0.15, -0.1) is 11.3 Å². The average molecular weight is 430 g/mol. The maximum Gasteiger partial charge on any atom is 0.312 e. The lowest BCUT2D eigenvalue weighted by Crippen LogP contribution is -2.45. The zero-order chi connectivity index (χ0) is 21.3. The zero-order valence-electron chi connectivity index (χ0n) is 17.5. The van der Waals surface area contributed by atoms with Crippen molar-refractivity contribution < 1.29 is 9.59 Å². The Morgan fingerprint density at radius 1 is 1.07 bits per heavy atom. The van der Waals surface area contributed by atoms with Crippen LogP contribution in [0.3, 0.4) is 0 Å². The second kappa shape index (κ2) is 11.1. The first-order valence-corrected chi connectivity index (χ1v) is 11.3. The molecule has 1 aromatic carbocycles. The molecule has 162 valence electrons. The minimum Gasteiger partial charge on any atom is -0.352 e. The summed E-state index contributed by atoms with van der Waals surface area (Å²) in [6.07, 6.45) is 0.157. The second-order valence-corrected chi connectivity index (χ2v) is 8.52. The molecule has 1 unspecified atom stereocenters. The number of rotatable bonds is 9. The Kier molecular flexibility index (Phi) is 8.24. The summed E-state index contributed by atoms with van der Waals surface area (Å²) in [5.74, 6) is -0.117. The maximum atomic E-state index is 12.6. The van der Waals surface area contributed by atoms with Crippen LogP contribution in [0.1, 0.15) is 35.4 Å². The third kappa shape index (κ3) is 6.55. The molecule has 2 heterocycles. The Labute approximate surface area is 182 Å². The molecule has 3 rings (SSSR count). The van der Waals surface area contributed by atoms with Gasteiger partial charge < -0.3 is 21.3 Å². The van der Waals surface area contributed by atoms with E-state index in [1.165, 1.54) is 16.9 Å². The molecule has 1 fully saturated rings. The largest absolute Gasteiger partial charge is 0.352 e. The van der Waals surface area contributed by atoms with Gasteiger partial charge in [0.15, 0.2) is 0 Å². The number of nitrogens with one attached hydrogen (secondary N) is 2. The van der Waals surface area contributed by atoms with Crippen LogP contribution < -0.4 is 16.4 Å². The Morgan fingerprint density at radius 3 is 2.40 bits per heavy atom. The Bertz CT molecular complexity index is 819. The minimum atomic E-state index is -0.630. The van der Waals surface area contributed by atoms with Crippen molar-refractivity contribution in [2.24, 2.45) is 5.73 Å². The van der Waals surface area contributed by atoms with E-state index in [1.54, 1.807) is 0 Å². The quantitative estimate of drug-likeness (QED) is 0.571. The van der Waals surface area contributed by atoms with Crippen molar-refractivity contribution in [3.63, 3.8) is 0 Å². The smallest absolute Gasteiger partial charge is 0.312 e. The van der Waals surface area contributed by atoms with Crippen molar-refractivity contribution in [1.29, 1.82) is 0 Å². The van der Waals surface area contributed by atoms with Gasteiger partial charge in [-0.3, -0.25) is 9.69 Å². The van der Waals surface area contributed by atoms with Gasteiger partial charge in [-0.2, -0.15) is 0 Å². The molecule has 0 radical (unpaired) electrons. The van der Waals surface area contributed by atoms with Gasteiger partial charge in [-0.1, -0.05) is 37.3 Å². The van der Waals surface area contributed by atoms with Crippen molar-refractivity contribution in [2.45, 2.75) is 32.5 Å². The molecule has 1 aliphatic rings. The first-order chi connectivity index (χ1) is 14.5. The van der Waals surface area contributed by atoms with Gasteiger partial charge in [0.25, 0.3) is 0 Å². The summed E-state index contributed by atoms with van der Waals surface area (Å²) in [6, 6.07) is 11.0. The van der Waals surface area contributed by atoms with Crippen molar-refractivity contribution >= 4 is 23.3 Å². The molecule has 30 heavy (non-hydrogen) atoms. The summed E-state index contributed by atoms with van der Waals surface area (Å²) < 4.78 is 0. The fourth-order valence-corrected chi connectivity index (χ4v) is 4.50. The zero-order valence-corrected chi connectivity index (χ0v) is 18.3. The van der Waals surface area contributed by atoms with Crippen LogP contribution in [0.15, 0.2) is 41.8 Å². The lowest BCUT2D eigenvalue weighted by molar-refractivity contribution is -0.121. The van der Waals surface area contributed by atoms with E-state index in [2.05, 4.69) is 39.5 Å². The molecular weight excluding hydrogens is 398 g/mol. The van der Waals surface area contributed by atoms with E-state index in [1.807, 2.05) is 29.6 Å². The number of nitrogens with zero attached hydrogens (tertiary/aromatic N) is 2.